The van der Waals surface area contributed by atoms with Crippen LogP contribution in [0.15, 0.2) is 0 Å². The SMILES string of the molecule is O=C(C(F)Cl)N1CCCC1. The van der Waals surface area contributed by atoms with E-state index in [-0.39, 0.29) is 0 Å². The monoisotopic (exact) mass is 165 g/mol. The molecule has 1 saturated heterocycles. The van der Waals surface area contributed by atoms with Crippen LogP contribution in [-0.2, 0) is 4.79 Å². The van der Waals surface area contributed by atoms with E-state index in [1.54, 1.807) is 0 Å². The molecule has 58 valence electrons. The zero-order valence-corrected chi connectivity index (χ0v) is 6.27. The van der Waals surface area contributed by atoms with E-state index in [0.717, 1.165) is 12.8 Å². The molecule has 4 heteroatoms. The lowest BCUT2D eigenvalue weighted by Gasteiger charge is -2.13. The molecule has 1 aliphatic heterocycles. The first-order valence-electron chi connectivity index (χ1n) is 3.29. The Morgan fingerprint density at radius 3 is 2.40 bits per heavy atom. The first kappa shape index (κ1) is 7.79. The van der Waals surface area contributed by atoms with Gasteiger partial charge >= 0.3 is 0 Å². The number of halogens is 2. The Balaban J connectivity index is 2.40. The van der Waals surface area contributed by atoms with E-state index < -0.39 is 11.5 Å². The Morgan fingerprint density at radius 2 is 2.00 bits per heavy atom. The normalized spacial score (nSPS) is 21.2. The van der Waals surface area contributed by atoms with Gasteiger partial charge in [0.15, 0.2) is 0 Å². The molecule has 2 nitrogen and oxygen atoms in total. The molecule has 0 aromatic rings. The Hall–Kier alpha value is -0.310. The molecular weight excluding hydrogens is 157 g/mol. The molecular formula is C6H9ClFNO. The van der Waals surface area contributed by atoms with Crippen molar-refractivity contribution in [2.45, 2.75) is 18.5 Å². The first-order valence-corrected chi connectivity index (χ1v) is 3.72. The average Bonchev–Trinajstić information content (AvgIpc) is 2.36. The summed E-state index contributed by atoms with van der Waals surface area (Å²) < 4.78 is 12.1. The fourth-order valence-corrected chi connectivity index (χ4v) is 1.21. The van der Waals surface area contributed by atoms with Gasteiger partial charge in [0.05, 0.1) is 0 Å². The molecule has 1 atom stereocenters. The first-order chi connectivity index (χ1) is 4.72. The standard InChI is InChI=1S/C6H9ClFNO/c7-5(8)6(10)9-3-1-2-4-9/h5H,1-4H2. The second kappa shape index (κ2) is 3.19. The molecule has 0 N–H and O–H groups in total. The van der Waals surface area contributed by atoms with Crippen molar-refractivity contribution in [3.63, 3.8) is 0 Å². The summed E-state index contributed by atoms with van der Waals surface area (Å²) in [4.78, 5) is 12.2. The lowest BCUT2D eigenvalue weighted by Crippen LogP contribution is -2.32. The molecule has 0 spiro atoms. The molecule has 0 bridgehead atoms. The quantitative estimate of drug-likeness (QED) is 0.534. The second-order valence-electron chi connectivity index (χ2n) is 2.33. The number of nitrogens with zero attached hydrogens (tertiary/aromatic N) is 1. The van der Waals surface area contributed by atoms with Gasteiger partial charge in [0, 0.05) is 13.1 Å². The highest BCUT2D eigenvalue weighted by Crippen LogP contribution is 2.11. The van der Waals surface area contributed by atoms with Gasteiger partial charge in [0.2, 0.25) is 0 Å². The van der Waals surface area contributed by atoms with E-state index in [1.165, 1.54) is 4.90 Å². The zero-order valence-electron chi connectivity index (χ0n) is 5.52. The van der Waals surface area contributed by atoms with Crippen molar-refractivity contribution in [2.75, 3.05) is 13.1 Å². The van der Waals surface area contributed by atoms with Gasteiger partial charge in [-0.3, -0.25) is 4.79 Å². The summed E-state index contributed by atoms with van der Waals surface area (Å²) in [6.45, 7) is 1.32. The zero-order chi connectivity index (χ0) is 7.56. The van der Waals surface area contributed by atoms with Gasteiger partial charge in [-0.2, -0.15) is 0 Å². The molecule has 1 unspecified atom stereocenters. The van der Waals surface area contributed by atoms with E-state index in [9.17, 15) is 9.18 Å². The van der Waals surface area contributed by atoms with Crippen molar-refractivity contribution < 1.29 is 9.18 Å². The Morgan fingerprint density at radius 1 is 1.50 bits per heavy atom. The predicted molar refractivity (Wildman–Crippen MR) is 36.6 cm³/mol. The highest BCUT2D eigenvalue weighted by atomic mass is 35.5. The second-order valence-corrected chi connectivity index (χ2v) is 2.72. The number of rotatable bonds is 1. The molecule has 0 aliphatic carbocycles. The third-order valence-electron chi connectivity index (χ3n) is 1.60. The van der Waals surface area contributed by atoms with Gasteiger partial charge in [0.1, 0.15) is 0 Å². The maximum absolute atomic E-state index is 12.1. The summed E-state index contributed by atoms with van der Waals surface area (Å²) in [6.07, 6.45) is 1.94. The van der Waals surface area contributed by atoms with Crippen LogP contribution in [0.3, 0.4) is 0 Å². The summed E-state index contributed by atoms with van der Waals surface area (Å²) in [5.41, 5.74) is -1.85. The topological polar surface area (TPSA) is 20.3 Å². The van der Waals surface area contributed by atoms with Crippen molar-refractivity contribution in [3.8, 4) is 0 Å². The van der Waals surface area contributed by atoms with Crippen LogP contribution >= 0.6 is 11.6 Å². The van der Waals surface area contributed by atoms with Gasteiger partial charge in [-0.15, -0.1) is 0 Å². The Bertz CT molecular complexity index is 134. The van der Waals surface area contributed by atoms with Crippen LogP contribution in [0.1, 0.15) is 12.8 Å². The number of carbonyl (C=O) groups excluding carboxylic acids is 1. The van der Waals surface area contributed by atoms with Crippen molar-refractivity contribution in [1.29, 1.82) is 0 Å². The number of alkyl halides is 2. The molecule has 0 aromatic carbocycles. The molecule has 1 aliphatic rings. The van der Waals surface area contributed by atoms with Crippen molar-refractivity contribution in [2.24, 2.45) is 0 Å². The summed E-state index contributed by atoms with van der Waals surface area (Å²) >= 11 is 4.95. The van der Waals surface area contributed by atoms with Crippen molar-refractivity contribution >= 4 is 17.5 Å². The van der Waals surface area contributed by atoms with Crippen LogP contribution in [0.4, 0.5) is 4.39 Å². The predicted octanol–water partition coefficient (Wildman–Crippen LogP) is 1.14. The Labute approximate surface area is 63.9 Å². The summed E-state index contributed by atoms with van der Waals surface area (Å²) in [5.74, 6) is -0.584. The third-order valence-corrected chi connectivity index (χ3v) is 1.79. The molecule has 0 saturated carbocycles. The molecule has 1 rings (SSSR count). The van der Waals surface area contributed by atoms with Crippen LogP contribution in [0, 0.1) is 0 Å². The van der Waals surface area contributed by atoms with Gasteiger partial charge < -0.3 is 4.90 Å². The number of hydrogen-bond donors (Lipinski definition) is 0. The highest BCUT2D eigenvalue weighted by molar-refractivity contribution is 6.29. The van der Waals surface area contributed by atoms with E-state index in [4.69, 9.17) is 11.6 Å². The molecule has 1 amide bonds. The molecule has 0 radical (unpaired) electrons. The highest BCUT2D eigenvalue weighted by Gasteiger charge is 2.23. The van der Waals surface area contributed by atoms with Crippen LogP contribution in [0.5, 0.6) is 0 Å². The average molecular weight is 166 g/mol. The number of amides is 1. The van der Waals surface area contributed by atoms with E-state index in [0.29, 0.717) is 13.1 Å². The molecule has 1 heterocycles. The van der Waals surface area contributed by atoms with Gasteiger partial charge in [-0.25, -0.2) is 4.39 Å². The van der Waals surface area contributed by atoms with E-state index in [2.05, 4.69) is 0 Å². The molecule has 1 fully saturated rings. The van der Waals surface area contributed by atoms with Crippen LogP contribution in [-0.4, -0.2) is 29.5 Å². The van der Waals surface area contributed by atoms with Crippen molar-refractivity contribution in [1.82, 2.24) is 4.90 Å². The van der Waals surface area contributed by atoms with E-state index >= 15 is 0 Å². The Kier molecular flexibility index (Phi) is 2.49. The molecule has 10 heavy (non-hydrogen) atoms. The number of likely N-dealkylation sites (tertiary alicyclic amines) is 1. The van der Waals surface area contributed by atoms with Crippen molar-refractivity contribution in [3.05, 3.63) is 0 Å². The summed E-state index contributed by atoms with van der Waals surface area (Å²) in [6, 6.07) is 0. The van der Waals surface area contributed by atoms with E-state index in [1.807, 2.05) is 0 Å². The lowest BCUT2D eigenvalue weighted by molar-refractivity contribution is -0.132. The third kappa shape index (κ3) is 1.59. The summed E-state index contributed by atoms with van der Waals surface area (Å²) in [7, 11) is 0. The fraction of sp³-hybridized carbons (Fsp3) is 0.833. The van der Waals surface area contributed by atoms with Gasteiger partial charge in [0.25, 0.3) is 11.5 Å². The van der Waals surface area contributed by atoms with Crippen LogP contribution < -0.4 is 0 Å². The maximum Gasteiger partial charge on any atom is 0.272 e. The maximum atomic E-state index is 12.1. The minimum absolute atomic E-state index is 0.584. The van der Waals surface area contributed by atoms with Crippen LogP contribution in [0.2, 0.25) is 0 Å². The van der Waals surface area contributed by atoms with Gasteiger partial charge in [-0.05, 0) is 12.8 Å². The minimum Gasteiger partial charge on any atom is -0.339 e. The minimum atomic E-state index is -1.85. The van der Waals surface area contributed by atoms with Gasteiger partial charge in [-0.1, -0.05) is 11.6 Å². The molecule has 0 aromatic heterocycles. The lowest BCUT2D eigenvalue weighted by atomic mass is 10.4. The van der Waals surface area contributed by atoms with Crippen LogP contribution in [0.25, 0.3) is 0 Å². The fourth-order valence-electron chi connectivity index (χ4n) is 1.08. The largest absolute Gasteiger partial charge is 0.339 e. The summed E-state index contributed by atoms with van der Waals surface area (Å²) in [5, 5.41) is 0. The smallest absolute Gasteiger partial charge is 0.272 e. The number of carbonyl (C=O) groups is 1. The number of hydrogen-bond acceptors (Lipinski definition) is 1.